The average molecular weight is 574 g/mol. The van der Waals surface area contributed by atoms with Gasteiger partial charge in [-0.3, -0.25) is 0 Å². The molecule has 0 spiro atoms. The molecule has 218 valence electrons. The molecule has 1 amide bonds. The minimum absolute atomic E-state index is 0.0591. The van der Waals surface area contributed by atoms with E-state index in [1.165, 1.54) is 23.5 Å². The Kier molecular flexibility index (Phi) is 12.2. The predicted molar refractivity (Wildman–Crippen MR) is 149 cm³/mol. The second-order valence-electron chi connectivity index (χ2n) is 9.87. The minimum Gasteiger partial charge on any atom is -0.497 e. The zero-order chi connectivity index (χ0) is 29.0. The van der Waals surface area contributed by atoms with Crippen LogP contribution in [-0.2, 0) is 25.9 Å². The highest BCUT2D eigenvalue weighted by atomic mass is 32.2. The average Bonchev–Trinajstić information content (AvgIpc) is 3.47. The van der Waals surface area contributed by atoms with Gasteiger partial charge < -0.3 is 24.6 Å². The van der Waals surface area contributed by atoms with Crippen molar-refractivity contribution in [2.75, 3.05) is 33.4 Å². The maximum absolute atomic E-state index is 13.8. The number of benzene rings is 2. The van der Waals surface area contributed by atoms with Gasteiger partial charge in [0, 0.05) is 25.9 Å². The van der Waals surface area contributed by atoms with E-state index >= 15 is 0 Å². The van der Waals surface area contributed by atoms with Gasteiger partial charge in [0.2, 0.25) is 10.0 Å². The van der Waals surface area contributed by atoms with Gasteiger partial charge in [-0.25, -0.2) is 13.2 Å². The smallest absolute Gasteiger partial charge is 0.407 e. The third kappa shape index (κ3) is 9.20. The van der Waals surface area contributed by atoms with Crippen molar-refractivity contribution in [3.8, 4) is 11.8 Å². The molecule has 2 N–H and O–H groups in total. The van der Waals surface area contributed by atoms with Gasteiger partial charge in [0.25, 0.3) is 0 Å². The Morgan fingerprint density at radius 3 is 2.52 bits per heavy atom. The molecule has 2 aromatic carbocycles. The number of rotatable bonds is 15. The Bertz CT molecular complexity index is 1200. The number of nitriles is 1. The van der Waals surface area contributed by atoms with Crippen LogP contribution in [0.2, 0.25) is 0 Å². The Labute approximate surface area is 236 Å². The molecular formula is C29H39N3O7S. The number of aliphatic hydroxyl groups is 1. The lowest BCUT2D eigenvalue weighted by Gasteiger charge is -2.31. The van der Waals surface area contributed by atoms with Crippen LogP contribution < -0.4 is 10.1 Å². The first-order chi connectivity index (χ1) is 19.3. The highest BCUT2D eigenvalue weighted by Crippen LogP contribution is 2.24. The molecule has 1 unspecified atom stereocenters. The molecule has 1 aliphatic rings. The number of nitrogens with one attached hydrogen (secondary N) is 1. The third-order valence-electron chi connectivity index (χ3n) is 7.02. The Morgan fingerprint density at radius 2 is 1.93 bits per heavy atom. The zero-order valence-electron chi connectivity index (χ0n) is 23.1. The zero-order valence-corrected chi connectivity index (χ0v) is 23.9. The first-order valence-electron chi connectivity index (χ1n) is 13.5. The molecule has 1 fully saturated rings. The number of methoxy groups -OCH3 is 1. The van der Waals surface area contributed by atoms with Crippen LogP contribution in [0.4, 0.5) is 4.79 Å². The van der Waals surface area contributed by atoms with E-state index in [4.69, 9.17) is 19.5 Å². The van der Waals surface area contributed by atoms with Gasteiger partial charge in [0.05, 0.1) is 43.4 Å². The van der Waals surface area contributed by atoms with E-state index in [1.807, 2.05) is 37.3 Å². The SMILES string of the molecule is CCC(CCC#N)CN(C[C@@H](O)[C@H](Cc1ccccc1)NC(=O)O[C@H]1CCOC1)S(=O)(=O)c1ccc(OC)cc1. The molecule has 1 aliphatic heterocycles. The molecule has 0 saturated carbocycles. The van der Waals surface area contributed by atoms with Gasteiger partial charge in [-0.05, 0) is 48.6 Å². The van der Waals surface area contributed by atoms with Crippen LogP contribution in [0.1, 0.15) is 38.2 Å². The van der Waals surface area contributed by atoms with Gasteiger partial charge in [-0.15, -0.1) is 0 Å². The highest BCUT2D eigenvalue weighted by molar-refractivity contribution is 7.89. The number of sulfonamides is 1. The van der Waals surface area contributed by atoms with E-state index in [0.717, 1.165) is 5.56 Å². The van der Waals surface area contributed by atoms with Crippen molar-refractivity contribution in [1.82, 2.24) is 9.62 Å². The van der Waals surface area contributed by atoms with E-state index in [0.29, 0.717) is 44.6 Å². The van der Waals surface area contributed by atoms with Gasteiger partial charge >= 0.3 is 6.09 Å². The maximum Gasteiger partial charge on any atom is 0.407 e. The Morgan fingerprint density at radius 1 is 1.20 bits per heavy atom. The second kappa shape index (κ2) is 15.6. The lowest BCUT2D eigenvalue weighted by atomic mass is 9.99. The molecule has 40 heavy (non-hydrogen) atoms. The number of hydrogen-bond donors (Lipinski definition) is 2. The van der Waals surface area contributed by atoms with Crippen LogP contribution in [0.3, 0.4) is 0 Å². The fourth-order valence-corrected chi connectivity index (χ4v) is 6.11. The summed E-state index contributed by atoms with van der Waals surface area (Å²) < 4.78 is 44.8. The van der Waals surface area contributed by atoms with Crippen molar-refractivity contribution >= 4 is 16.1 Å². The number of amides is 1. The third-order valence-corrected chi connectivity index (χ3v) is 8.87. The summed E-state index contributed by atoms with van der Waals surface area (Å²) in [6, 6.07) is 16.7. The van der Waals surface area contributed by atoms with Crippen LogP contribution in [-0.4, -0.2) is 75.6 Å². The van der Waals surface area contributed by atoms with Crippen molar-refractivity contribution in [3.63, 3.8) is 0 Å². The quantitative estimate of drug-likeness (QED) is 0.330. The van der Waals surface area contributed by atoms with Gasteiger partial charge in [0.1, 0.15) is 11.9 Å². The van der Waals surface area contributed by atoms with Crippen molar-refractivity contribution in [2.24, 2.45) is 5.92 Å². The monoisotopic (exact) mass is 573 g/mol. The Balaban J connectivity index is 1.86. The van der Waals surface area contributed by atoms with Crippen molar-refractivity contribution in [3.05, 3.63) is 60.2 Å². The van der Waals surface area contributed by atoms with E-state index in [9.17, 15) is 18.3 Å². The summed E-state index contributed by atoms with van der Waals surface area (Å²) in [4.78, 5) is 12.8. The van der Waals surface area contributed by atoms with Gasteiger partial charge in [-0.2, -0.15) is 9.57 Å². The molecule has 4 atom stereocenters. The van der Waals surface area contributed by atoms with Gasteiger partial charge in [-0.1, -0.05) is 43.7 Å². The molecule has 10 nitrogen and oxygen atoms in total. The number of aliphatic hydroxyl groups excluding tert-OH is 1. The normalized spacial score (nSPS) is 17.5. The summed E-state index contributed by atoms with van der Waals surface area (Å²) in [7, 11) is -2.53. The topological polar surface area (TPSA) is 138 Å². The largest absolute Gasteiger partial charge is 0.497 e. The fraction of sp³-hybridized carbons (Fsp3) is 0.517. The summed E-state index contributed by atoms with van der Waals surface area (Å²) in [5, 5.41) is 23.3. The number of nitrogens with zero attached hydrogens (tertiary/aromatic N) is 2. The van der Waals surface area contributed by atoms with E-state index in [-0.39, 0.29) is 36.4 Å². The summed E-state index contributed by atoms with van der Waals surface area (Å²) in [5.74, 6) is 0.428. The minimum atomic E-state index is -4.03. The number of carbonyl (C=O) groups excluding carboxylic acids is 1. The number of hydrogen-bond acceptors (Lipinski definition) is 8. The van der Waals surface area contributed by atoms with E-state index < -0.39 is 28.3 Å². The molecular weight excluding hydrogens is 534 g/mol. The van der Waals surface area contributed by atoms with Crippen LogP contribution >= 0.6 is 0 Å². The Hall–Kier alpha value is -3.17. The first-order valence-corrected chi connectivity index (χ1v) is 15.0. The molecule has 3 rings (SSSR count). The number of ether oxygens (including phenoxy) is 3. The molecule has 0 aliphatic carbocycles. The van der Waals surface area contributed by atoms with Gasteiger partial charge in [0.15, 0.2) is 0 Å². The number of alkyl carbamates (subject to hydrolysis) is 1. The van der Waals surface area contributed by atoms with Crippen molar-refractivity contribution in [1.29, 1.82) is 5.26 Å². The molecule has 0 bridgehead atoms. The van der Waals surface area contributed by atoms with Crippen molar-refractivity contribution in [2.45, 2.75) is 62.2 Å². The van der Waals surface area contributed by atoms with Crippen molar-refractivity contribution < 1.29 is 32.5 Å². The summed E-state index contributed by atoms with van der Waals surface area (Å²) in [5.41, 5.74) is 0.862. The molecule has 1 saturated heterocycles. The van der Waals surface area contributed by atoms with Crippen LogP contribution in [0.15, 0.2) is 59.5 Å². The van der Waals surface area contributed by atoms with Crippen LogP contribution in [0.25, 0.3) is 0 Å². The summed E-state index contributed by atoms with van der Waals surface area (Å²) in [6.07, 6.45) is 0.0233. The van der Waals surface area contributed by atoms with Crippen LogP contribution in [0.5, 0.6) is 5.75 Å². The highest BCUT2D eigenvalue weighted by Gasteiger charge is 2.33. The second-order valence-corrected chi connectivity index (χ2v) is 11.8. The maximum atomic E-state index is 13.8. The number of carbonyl (C=O) groups is 1. The van der Waals surface area contributed by atoms with E-state index in [1.54, 1.807) is 12.1 Å². The summed E-state index contributed by atoms with van der Waals surface area (Å²) >= 11 is 0. The molecule has 0 aromatic heterocycles. The van der Waals surface area contributed by atoms with E-state index in [2.05, 4.69) is 11.4 Å². The summed E-state index contributed by atoms with van der Waals surface area (Å²) in [6.45, 7) is 2.62. The first kappa shape index (κ1) is 31.4. The lowest BCUT2D eigenvalue weighted by Crippen LogP contribution is -2.51. The predicted octanol–water partition coefficient (Wildman–Crippen LogP) is 3.50. The van der Waals surface area contributed by atoms with Crippen LogP contribution in [0, 0.1) is 17.2 Å². The lowest BCUT2D eigenvalue weighted by molar-refractivity contribution is 0.0640. The molecule has 2 aromatic rings. The standard InChI is InChI=1S/C29H39N3O7S/c1-3-22(10-7-16-30)19-32(40(35,36)26-13-11-24(37-2)12-14-26)20-28(33)27(18-23-8-5-4-6-9-23)31-29(34)39-25-15-17-38-21-25/h4-6,8-9,11-14,22,25,27-28,33H,3,7,10,15,17-21H2,1-2H3,(H,31,34)/t22?,25-,27-,28+/m0/s1. The molecule has 0 radical (unpaired) electrons. The fourth-order valence-electron chi connectivity index (χ4n) is 4.58. The molecule has 1 heterocycles. The molecule has 11 heteroatoms.